The van der Waals surface area contributed by atoms with Crippen LogP contribution in [0.3, 0.4) is 0 Å². The molecular formula is C15H32NO6Si2. The molecule has 2 atom stereocenters. The summed E-state index contributed by atoms with van der Waals surface area (Å²) in [4.78, 5) is 12.2. The molecule has 0 aliphatic carbocycles. The van der Waals surface area contributed by atoms with Crippen LogP contribution < -0.4 is 0 Å². The summed E-state index contributed by atoms with van der Waals surface area (Å²) >= 11 is 0. The molecule has 141 valence electrons. The zero-order chi connectivity index (χ0) is 18.2. The highest BCUT2D eigenvalue weighted by atomic mass is 28.4. The van der Waals surface area contributed by atoms with Gasteiger partial charge in [-0.1, -0.05) is 13.8 Å². The highest BCUT2D eigenvalue weighted by molar-refractivity contribution is 6.65. The predicted molar refractivity (Wildman–Crippen MR) is 94.7 cm³/mol. The number of nitrogens with zero attached hydrogens (tertiary/aromatic N) is 1. The summed E-state index contributed by atoms with van der Waals surface area (Å²) in [6.45, 7) is 5.87. The highest BCUT2D eigenvalue weighted by Gasteiger charge is 2.48. The van der Waals surface area contributed by atoms with E-state index in [1.807, 2.05) is 6.92 Å². The number of esters is 1. The lowest BCUT2D eigenvalue weighted by molar-refractivity contribution is -0.148. The predicted octanol–water partition coefficient (Wildman–Crippen LogP) is 1.66. The molecule has 1 aliphatic heterocycles. The molecule has 1 aliphatic rings. The Bertz CT molecular complexity index is 379. The number of hydrogen-bond donors (Lipinski definition) is 0. The van der Waals surface area contributed by atoms with E-state index in [0.717, 1.165) is 25.4 Å². The maximum absolute atomic E-state index is 12.2. The van der Waals surface area contributed by atoms with E-state index in [4.69, 9.17) is 22.4 Å². The minimum Gasteiger partial charge on any atom is -0.465 e. The highest BCUT2D eigenvalue weighted by Crippen LogP contribution is 2.28. The summed E-state index contributed by atoms with van der Waals surface area (Å²) in [6, 6.07) is 0.943. The Kier molecular flexibility index (Phi) is 9.64. The van der Waals surface area contributed by atoms with Crippen LogP contribution in [0.2, 0.25) is 11.6 Å². The van der Waals surface area contributed by atoms with E-state index in [1.54, 1.807) is 28.4 Å². The number of carbonyl (C=O) groups is 1. The minimum absolute atomic E-state index is 0.173. The summed E-state index contributed by atoms with van der Waals surface area (Å²) < 4.78 is 29.6. The second-order valence-corrected chi connectivity index (χ2v) is 12.0. The van der Waals surface area contributed by atoms with Crippen LogP contribution in [0.1, 0.15) is 26.7 Å². The van der Waals surface area contributed by atoms with Gasteiger partial charge in [0.25, 0.3) is 0 Å². The minimum atomic E-state index is -2.30. The van der Waals surface area contributed by atoms with Gasteiger partial charge in [0.15, 0.2) is 0 Å². The number of ether oxygens (including phenoxy) is 1. The molecule has 7 nitrogen and oxygen atoms in total. The van der Waals surface area contributed by atoms with Crippen LogP contribution in [0.4, 0.5) is 0 Å². The topological polar surface area (TPSA) is 66.5 Å². The molecule has 0 aromatic carbocycles. The van der Waals surface area contributed by atoms with E-state index < -0.39 is 18.0 Å². The molecule has 1 heterocycles. The SMILES string of the molecule is CO[Si](OC)C(C)CCOC(=O)C(C)CN1CCC[Si]1(OC)OC. The summed E-state index contributed by atoms with van der Waals surface area (Å²) in [5, 5.41) is 0. The van der Waals surface area contributed by atoms with Crippen LogP contribution in [0.25, 0.3) is 0 Å². The van der Waals surface area contributed by atoms with Gasteiger partial charge in [0.2, 0.25) is 0 Å². The van der Waals surface area contributed by atoms with Gasteiger partial charge in [0, 0.05) is 46.6 Å². The molecule has 1 saturated heterocycles. The van der Waals surface area contributed by atoms with E-state index in [-0.39, 0.29) is 17.4 Å². The lowest BCUT2D eigenvalue weighted by atomic mass is 10.2. The summed E-state index contributed by atoms with van der Waals surface area (Å²) in [7, 11) is 3.12. The molecule has 0 saturated carbocycles. The first-order valence-electron chi connectivity index (χ1n) is 8.40. The normalized spacial score (nSPS) is 20.3. The third-order valence-corrected chi connectivity index (χ3v) is 10.1. The van der Waals surface area contributed by atoms with Gasteiger partial charge in [-0.25, -0.2) is 0 Å². The van der Waals surface area contributed by atoms with Crippen LogP contribution in [0, 0.1) is 5.92 Å². The fraction of sp³-hybridized carbons (Fsp3) is 0.933. The zero-order valence-electron chi connectivity index (χ0n) is 15.8. The molecule has 2 unspecified atom stereocenters. The quantitative estimate of drug-likeness (QED) is 0.400. The first-order valence-corrected chi connectivity index (χ1v) is 11.8. The van der Waals surface area contributed by atoms with Crippen molar-refractivity contribution in [2.24, 2.45) is 5.92 Å². The van der Waals surface area contributed by atoms with E-state index in [1.165, 1.54) is 0 Å². The average Bonchev–Trinajstić information content (AvgIpc) is 2.98. The lowest BCUT2D eigenvalue weighted by Gasteiger charge is -2.33. The standard InChI is InChI=1S/C15H32NO6Si2/c1-13(12-16-9-7-11-24(16,20-5)21-6)15(17)22-10-8-14(2)23(18-3)19-4/h13-14H,7-12H2,1-6H3. The van der Waals surface area contributed by atoms with Crippen LogP contribution in [0.15, 0.2) is 0 Å². The molecule has 0 N–H and O–H groups in total. The van der Waals surface area contributed by atoms with Gasteiger partial charge in [-0.05, 0) is 19.4 Å². The van der Waals surface area contributed by atoms with Gasteiger partial charge in [0.05, 0.1) is 12.5 Å². The number of hydrogen-bond acceptors (Lipinski definition) is 7. The van der Waals surface area contributed by atoms with Crippen LogP contribution in [-0.4, -0.2) is 76.7 Å². The van der Waals surface area contributed by atoms with Gasteiger partial charge < -0.3 is 22.4 Å². The van der Waals surface area contributed by atoms with Crippen molar-refractivity contribution in [3.8, 4) is 0 Å². The Labute approximate surface area is 148 Å². The molecular weight excluding hydrogens is 346 g/mol. The molecule has 9 heteroatoms. The van der Waals surface area contributed by atoms with Gasteiger partial charge in [0.1, 0.15) is 0 Å². The van der Waals surface area contributed by atoms with E-state index in [9.17, 15) is 4.79 Å². The Morgan fingerprint density at radius 1 is 1.17 bits per heavy atom. The van der Waals surface area contributed by atoms with E-state index >= 15 is 0 Å². The van der Waals surface area contributed by atoms with E-state index in [2.05, 4.69) is 11.5 Å². The molecule has 1 radical (unpaired) electrons. The maximum Gasteiger partial charge on any atom is 0.427 e. The maximum atomic E-state index is 12.2. The van der Waals surface area contributed by atoms with Crippen molar-refractivity contribution < 1.29 is 27.2 Å². The molecule has 0 bridgehead atoms. The third-order valence-electron chi connectivity index (χ3n) is 4.54. The Morgan fingerprint density at radius 3 is 2.33 bits per heavy atom. The first-order chi connectivity index (χ1) is 11.4. The molecule has 1 fully saturated rings. The van der Waals surface area contributed by atoms with Crippen LogP contribution in [0.5, 0.6) is 0 Å². The number of carbonyl (C=O) groups excluding carboxylic acids is 1. The molecule has 0 aromatic rings. The molecule has 1 rings (SSSR count). The van der Waals surface area contributed by atoms with Crippen molar-refractivity contribution in [1.29, 1.82) is 0 Å². The third kappa shape index (κ3) is 5.62. The van der Waals surface area contributed by atoms with Gasteiger partial charge in [-0.3, -0.25) is 9.36 Å². The summed E-state index contributed by atoms with van der Waals surface area (Å²) in [5.41, 5.74) is 0.258. The van der Waals surface area contributed by atoms with Gasteiger partial charge in [-0.2, -0.15) is 0 Å². The van der Waals surface area contributed by atoms with E-state index in [0.29, 0.717) is 13.2 Å². The fourth-order valence-corrected chi connectivity index (χ4v) is 7.47. The second kappa shape index (κ2) is 10.6. The molecule has 0 amide bonds. The molecule has 0 aromatic heterocycles. The Balaban J connectivity index is 2.40. The summed E-state index contributed by atoms with van der Waals surface area (Å²) in [5.74, 6) is -0.377. The largest absolute Gasteiger partial charge is 0.465 e. The second-order valence-electron chi connectivity index (χ2n) is 6.16. The monoisotopic (exact) mass is 378 g/mol. The Morgan fingerprint density at radius 2 is 1.79 bits per heavy atom. The van der Waals surface area contributed by atoms with Crippen molar-refractivity contribution in [2.45, 2.75) is 38.3 Å². The van der Waals surface area contributed by atoms with Gasteiger partial charge >= 0.3 is 24.0 Å². The van der Waals surface area contributed by atoms with Crippen molar-refractivity contribution in [1.82, 2.24) is 4.57 Å². The zero-order valence-corrected chi connectivity index (χ0v) is 17.8. The number of rotatable bonds is 11. The average molecular weight is 379 g/mol. The first kappa shape index (κ1) is 21.7. The van der Waals surface area contributed by atoms with Crippen LogP contribution in [-0.2, 0) is 27.2 Å². The molecule has 0 spiro atoms. The van der Waals surface area contributed by atoms with Crippen molar-refractivity contribution >= 4 is 24.0 Å². The summed E-state index contributed by atoms with van der Waals surface area (Å²) in [6.07, 6.45) is 1.79. The van der Waals surface area contributed by atoms with Crippen molar-refractivity contribution in [2.75, 3.05) is 48.1 Å². The van der Waals surface area contributed by atoms with Crippen molar-refractivity contribution in [3.63, 3.8) is 0 Å². The van der Waals surface area contributed by atoms with Crippen LogP contribution >= 0.6 is 0 Å². The Hall–Kier alpha value is -0.296. The smallest absolute Gasteiger partial charge is 0.427 e. The molecule has 24 heavy (non-hydrogen) atoms. The lowest BCUT2D eigenvalue weighted by Crippen LogP contribution is -2.54. The van der Waals surface area contributed by atoms with Crippen molar-refractivity contribution in [3.05, 3.63) is 0 Å². The fourth-order valence-electron chi connectivity index (χ4n) is 3.09. The van der Waals surface area contributed by atoms with Gasteiger partial charge in [-0.15, -0.1) is 0 Å².